The molecule has 0 saturated carbocycles. The lowest BCUT2D eigenvalue weighted by Gasteiger charge is -2.19. The van der Waals surface area contributed by atoms with Gasteiger partial charge in [0.05, 0.1) is 5.69 Å². The van der Waals surface area contributed by atoms with Crippen molar-refractivity contribution in [2.75, 3.05) is 6.54 Å². The molecule has 0 radical (unpaired) electrons. The Bertz CT molecular complexity index is 448. The van der Waals surface area contributed by atoms with Crippen molar-refractivity contribution >= 4 is 0 Å². The molecule has 1 aromatic carbocycles. The van der Waals surface area contributed by atoms with Gasteiger partial charge in [0.2, 0.25) is 0 Å². The zero-order chi connectivity index (χ0) is 12.1. The number of benzene rings is 1. The monoisotopic (exact) mass is 229 g/mol. The summed E-state index contributed by atoms with van der Waals surface area (Å²) >= 11 is 0. The SMILES string of the molecule is CCNC(CC)c1ccccc1-n1cccn1. The highest BCUT2D eigenvalue weighted by molar-refractivity contribution is 5.42. The molecule has 0 aliphatic carbocycles. The molecule has 17 heavy (non-hydrogen) atoms. The minimum absolute atomic E-state index is 0.389. The summed E-state index contributed by atoms with van der Waals surface area (Å²) in [6.07, 6.45) is 4.87. The summed E-state index contributed by atoms with van der Waals surface area (Å²) in [6, 6.07) is 10.8. The Hall–Kier alpha value is -1.61. The Labute approximate surface area is 102 Å². The number of nitrogens with zero attached hydrogens (tertiary/aromatic N) is 2. The lowest BCUT2D eigenvalue weighted by atomic mass is 10.0. The second-order valence-electron chi connectivity index (χ2n) is 4.03. The van der Waals surface area contributed by atoms with Crippen LogP contribution in [0.4, 0.5) is 0 Å². The van der Waals surface area contributed by atoms with Crippen LogP contribution in [0, 0.1) is 0 Å². The zero-order valence-electron chi connectivity index (χ0n) is 10.4. The molecule has 1 heterocycles. The molecule has 1 atom stereocenters. The number of rotatable bonds is 5. The molecule has 0 spiro atoms. The van der Waals surface area contributed by atoms with E-state index in [9.17, 15) is 0 Å². The predicted molar refractivity (Wildman–Crippen MR) is 70.3 cm³/mol. The molecular weight excluding hydrogens is 210 g/mol. The van der Waals surface area contributed by atoms with Gasteiger partial charge in [0, 0.05) is 18.4 Å². The lowest BCUT2D eigenvalue weighted by Crippen LogP contribution is -2.21. The van der Waals surface area contributed by atoms with Crippen LogP contribution in [-0.2, 0) is 0 Å². The minimum Gasteiger partial charge on any atom is -0.310 e. The largest absolute Gasteiger partial charge is 0.310 e. The second-order valence-corrected chi connectivity index (χ2v) is 4.03. The second kappa shape index (κ2) is 5.64. The van der Waals surface area contributed by atoms with Crippen LogP contribution in [0.15, 0.2) is 42.7 Å². The normalized spacial score (nSPS) is 12.6. The molecule has 0 amide bonds. The predicted octanol–water partition coefficient (Wildman–Crippen LogP) is 2.93. The van der Waals surface area contributed by atoms with Gasteiger partial charge in [-0.25, -0.2) is 4.68 Å². The van der Waals surface area contributed by atoms with E-state index in [4.69, 9.17) is 0 Å². The standard InChI is InChI=1S/C14H19N3/c1-3-13(15-4-2)12-8-5-6-9-14(12)17-11-7-10-16-17/h5-11,13,15H,3-4H2,1-2H3. The molecule has 0 aliphatic heterocycles. The van der Waals surface area contributed by atoms with Crippen molar-refractivity contribution in [2.45, 2.75) is 26.3 Å². The van der Waals surface area contributed by atoms with Gasteiger partial charge < -0.3 is 5.32 Å². The Morgan fingerprint density at radius 1 is 1.24 bits per heavy atom. The highest BCUT2D eigenvalue weighted by Crippen LogP contribution is 2.23. The van der Waals surface area contributed by atoms with Gasteiger partial charge in [-0.15, -0.1) is 0 Å². The van der Waals surface area contributed by atoms with Crippen LogP contribution in [-0.4, -0.2) is 16.3 Å². The van der Waals surface area contributed by atoms with E-state index < -0.39 is 0 Å². The third kappa shape index (κ3) is 2.56. The van der Waals surface area contributed by atoms with Crippen LogP contribution in [0.1, 0.15) is 31.9 Å². The van der Waals surface area contributed by atoms with Gasteiger partial charge in [-0.2, -0.15) is 5.10 Å². The summed E-state index contributed by atoms with van der Waals surface area (Å²) in [5, 5.41) is 7.82. The van der Waals surface area contributed by atoms with Gasteiger partial charge >= 0.3 is 0 Å². The molecule has 0 aliphatic rings. The van der Waals surface area contributed by atoms with Gasteiger partial charge in [-0.3, -0.25) is 0 Å². The Kier molecular flexibility index (Phi) is 3.94. The van der Waals surface area contributed by atoms with Crippen molar-refractivity contribution in [3.63, 3.8) is 0 Å². The molecule has 3 nitrogen and oxygen atoms in total. The van der Waals surface area contributed by atoms with E-state index >= 15 is 0 Å². The van der Waals surface area contributed by atoms with Gasteiger partial charge in [-0.1, -0.05) is 32.0 Å². The first-order valence-electron chi connectivity index (χ1n) is 6.19. The fourth-order valence-corrected chi connectivity index (χ4v) is 2.12. The molecule has 2 aromatic rings. The van der Waals surface area contributed by atoms with Crippen LogP contribution in [0.3, 0.4) is 0 Å². The van der Waals surface area contributed by atoms with Crippen LogP contribution in [0.2, 0.25) is 0 Å². The van der Waals surface area contributed by atoms with Crippen molar-refractivity contribution < 1.29 is 0 Å². The number of para-hydroxylation sites is 1. The van der Waals surface area contributed by atoms with Gasteiger partial charge in [0.1, 0.15) is 0 Å². The van der Waals surface area contributed by atoms with Crippen molar-refractivity contribution in [1.82, 2.24) is 15.1 Å². The maximum Gasteiger partial charge on any atom is 0.0693 e. The molecule has 1 unspecified atom stereocenters. The van der Waals surface area contributed by atoms with E-state index in [1.54, 1.807) is 0 Å². The van der Waals surface area contributed by atoms with Gasteiger partial charge in [0.25, 0.3) is 0 Å². The smallest absolute Gasteiger partial charge is 0.0693 e. The van der Waals surface area contributed by atoms with Crippen molar-refractivity contribution in [2.24, 2.45) is 0 Å². The number of nitrogens with one attached hydrogen (secondary N) is 1. The van der Waals surface area contributed by atoms with E-state index in [-0.39, 0.29) is 0 Å². The average Bonchev–Trinajstić information content (AvgIpc) is 2.90. The molecule has 0 saturated heterocycles. The van der Waals surface area contributed by atoms with Crippen LogP contribution in [0.25, 0.3) is 5.69 Å². The van der Waals surface area contributed by atoms with Crippen LogP contribution < -0.4 is 5.32 Å². The molecule has 90 valence electrons. The zero-order valence-corrected chi connectivity index (χ0v) is 10.4. The third-order valence-electron chi connectivity index (χ3n) is 2.92. The first kappa shape index (κ1) is 11.9. The van der Waals surface area contributed by atoms with Crippen molar-refractivity contribution in [3.8, 4) is 5.69 Å². The summed E-state index contributed by atoms with van der Waals surface area (Å²) < 4.78 is 1.93. The molecule has 1 N–H and O–H groups in total. The van der Waals surface area contributed by atoms with Crippen molar-refractivity contribution in [1.29, 1.82) is 0 Å². The Morgan fingerprint density at radius 2 is 2.06 bits per heavy atom. The molecule has 2 rings (SSSR count). The Morgan fingerprint density at radius 3 is 2.71 bits per heavy atom. The number of aromatic nitrogens is 2. The van der Waals surface area contributed by atoms with Gasteiger partial charge in [-0.05, 0) is 30.7 Å². The van der Waals surface area contributed by atoms with Crippen LogP contribution >= 0.6 is 0 Å². The summed E-state index contributed by atoms with van der Waals surface area (Å²) in [5.41, 5.74) is 2.46. The first-order valence-corrected chi connectivity index (χ1v) is 6.19. The quantitative estimate of drug-likeness (QED) is 0.854. The van der Waals surface area contributed by atoms with Crippen LogP contribution in [0.5, 0.6) is 0 Å². The van der Waals surface area contributed by atoms with E-state index in [0.29, 0.717) is 6.04 Å². The number of hydrogen-bond acceptors (Lipinski definition) is 2. The highest BCUT2D eigenvalue weighted by atomic mass is 15.3. The average molecular weight is 229 g/mol. The molecule has 0 bridgehead atoms. The van der Waals surface area contributed by atoms with E-state index in [0.717, 1.165) is 18.7 Å². The third-order valence-corrected chi connectivity index (χ3v) is 2.92. The highest BCUT2D eigenvalue weighted by Gasteiger charge is 2.12. The molecule has 3 heteroatoms. The summed E-state index contributed by atoms with van der Waals surface area (Å²) in [7, 11) is 0. The fourth-order valence-electron chi connectivity index (χ4n) is 2.12. The number of hydrogen-bond donors (Lipinski definition) is 1. The van der Waals surface area contributed by atoms with E-state index in [1.165, 1.54) is 5.56 Å². The Balaban J connectivity index is 2.39. The topological polar surface area (TPSA) is 29.9 Å². The van der Waals surface area contributed by atoms with Gasteiger partial charge in [0.15, 0.2) is 0 Å². The lowest BCUT2D eigenvalue weighted by molar-refractivity contribution is 0.534. The maximum absolute atomic E-state index is 4.31. The van der Waals surface area contributed by atoms with E-state index in [1.807, 2.05) is 23.1 Å². The summed E-state index contributed by atoms with van der Waals surface area (Å²) in [4.78, 5) is 0. The van der Waals surface area contributed by atoms with Crippen molar-refractivity contribution in [3.05, 3.63) is 48.3 Å². The first-order chi connectivity index (χ1) is 8.36. The van der Waals surface area contributed by atoms with E-state index in [2.05, 4.69) is 48.5 Å². The molecular formula is C14H19N3. The molecule has 1 aromatic heterocycles. The molecule has 0 fully saturated rings. The maximum atomic E-state index is 4.31. The summed E-state index contributed by atoms with van der Waals surface area (Å²) in [5.74, 6) is 0. The summed E-state index contributed by atoms with van der Waals surface area (Å²) in [6.45, 7) is 5.32. The fraction of sp³-hybridized carbons (Fsp3) is 0.357. The minimum atomic E-state index is 0.389.